The highest BCUT2D eigenvalue weighted by Crippen LogP contribution is 2.17. The maximum Gasteiger partial charge on any atom is 0.306 e. The first-order valence-electron chi connectivity index (χ1n) is 23.4. The van der Waals surface area contributed by atoms with Crippen LogP contribution in [0.2, 0.25) is 0 Å². The van der Waals surface area contributed by atoms with E-state index < -0.39 is 0 Å². The van der Waals surface area contributed by atoms with E-state index in [1.807, 2.05) is 33.8 Å². The number of hydrogen-bond donors (Lipinski definition) is 4. The Labute approximate surface area is 366 Å². The summed E-state index contributed by atoms with van der Waals surface area (Å²) in [5, 5.41) is 4.94. The number of nitrogens with zero attached hydrogens (tertiary/aromatic N) is 1. The van der Waals surface area contributed by atoms with Gasteiger partial charge in [0.1, 0.15) is 5.60 Å². The molecule has 0 rings (SSSR count). The molecule has 0 aromatic carbocycles. The van der Waals surface area contributed by atoms with Crippen LogP contribution in [0.4, 0.5) is 0 Å². The third-order valence-corrected chi connectivity index (χ3v) is 9.50. The van der Waals surface area contributed by atoms with Crippen molar-refractivity contribution in [3.05, 3.63) is 35.7 Å². The first-order chi connectivity index (χ1) is 29.0. The largest absolute Gasteiger partial charge is 0.460 e. The SMILES string of the molecule is C/C=C/C(=C\CC)C(CCCCN(N)/C=C(\N)COCCOCCOCCOCCOCCN)NC(=O)CCCCCCCCCCCCCCCCC(=O)OC(C)(C)C. The minimum Gasteiger partial charge on any atom is -0.460 e. The molecule has 0 spiro atoms. The minimum atomic E-state index is -0.386. The van der Waals surface area contributed by atoms with Crippen molar-refractivity contribution in [2.45, 2.75) is 175 Å². The van der Waals surface area contributed by atoms with Gasteiger partial charge in [-0.1, -0.05) is 102 Å². The summed E-state index contributed by atoms with van der Waals surface area (Å²) in [6.45, 7) is 15.8. The van der Waals surface area contributed by atoms with Crippen LogP contribution in [0, 0.1) is 0 Å². The van der Waals surface area contributed by atoms with Crippen molar-refractivity contribution in [3.8, 4) is 0 Å². The van der Waals surface area contributed by atoms with E-state index in [4.69, 9.17) is 45.7 Å². The van der Waals surface area contributed by atoms with Crippen LogP contribution in [0.1, 0.15) is 163 Å². The fourth-order valence-electron chi connectivity index (χ4n) is 6.52. The van der Waals surface area contributed by atoms with Gasteiger partial charge in [-0.05, 0) is 71.8 Å². The molecule has 0 aromatic heterocycles. The van der Waals surface area contributed by atoms with Crippen LogP contribution in [-0.2, 0) is 38.0 Å². The zero-order valence-corrected chi connectivity index (χ0v) is 39.0. The summed E-state index contributed by atoms with van der Waals surface area (Å²) in [5.74, 6) is 6.26. The van der Waals surface area contributed by atoms with Gasteiger partial charge in [0.25, 0.3) is 0 Å². The molecule has 0 saturated carbocycles. The van der Waals surface area contributed by atoms with Crippen molar-refractivity contribution >= 4 is 11.9 Å². The van der Waals surface area contributed by atoms with Gasteiger partial charge < -0.3 is 50.2 Å². The minimum absolute atomic E-state index is 0.0157. The number of carbonyl (C=O) groups is 2. The number of amides is 1. The predicted octanol–water partition coefficient (Wildman–Crippen LogP) is 8.15. The molecule has 60 heavy (non-hydrogen) atoms. The number of nitrogens with two attached hydrogens (primary N) is 3. The van der Waals surface area contributed by atoms with Gasteiger partial charge in [-0.3, -0.25) is 9.59 Å². The Morgan fingerprint density at radius 1 is 0.667 bits per heavy atom. The molecule has 7 N–H and O–H groups in total. The number of esters is 1. The fourth-order valence-corrected chi connectivity index (χ4v) is 6.52. The van der Waals surface area contributed by atoms with Crippen LogP contribution >= 0.6 is 0 Å². The van der Waals surface area contributed by atoms with Crippen molar-refractivity contribution in [2.75, 3.05) is 79.2 Å². The second-order valence-electron chi connectivity index (χ2n) is 16.5. The third kappa shape index (κ3) is 40.9. The van der Waals surface area contributed by atoms with Crippen molar-refractivity contribution in [3.63, 3.8) is 0 Å². The van der Waals surface area contributed by atoms with E-state index in [1.165, 1.54) is 64.2 Å². The van der Waals surface area contributed by atoms with Gasteiger partial charge in [-0.25, -0.2) is 5.84 Å². The predicted molar refractivity (Wildman–Crippen MR) is 245 cm³/mol. The molecule has 352 valence electrons. The first-order valence-corrected chi connectivity index (χ1v) is 23.4. The Bertz CT molecular complexity index is 1100. The van der Waals surface area contributed by atoms with Gasteiger partial charge in [-0.15, -0.1) is 0 Å². The molecule has 0 aliphatic heterocycles. The molecule has 0 aliphatic carbocycles. The van der Waals surface area contributed by atoms with Crippen molar-refractivity contribution in [1.82, 2.24) is 10.3 Å². The summed E-state index contributed by atoms with van der Waals surface area (Å²) in [5.41, 5.74) is 12.8. The summed E-state index contributed by atoms with van der Waals surface area (Å²) in [6.07, 6.45) is 29.5. The number of rotatable bonds is 43. The summed E-state index contributed by atoms with van der Waals surface area (Å²) in [7, 11) is 0. The Kier molecular flexibility index (Phi) is 40.1. The monoisotopic (exact) mass is 854 g/mol. The van der Waals surface area contributed by atoms with Gasteiger partial charge in [0.2, 0.25) is 5.91 Å². The Balaban J connectivity index is 4.08. The maximum atomic E-state index is 13.0. The molecule has 1 unspecified atom stereocenters. The highest BCUT2D eigenvalue weighted by Gasteiger charge is 2.16. The molecular weight excluding hydrogens is 763 g/mol. The normalized spacial score (nSPS) is 13.0. The van der Waals surface area contributed by atoms with E-state index in [2.05, 4.69) is 24.4 Å². The summed E-state index contributed by atoms with van der Waals surface area (Å²) in [6, 6.07) is -0.0157. The first kappa shape index (κ1) is 57.5. The van der Waals surface area contributed by atoms with Crippen molar-refractivity contribution in [1.29, 1.82) is 0 Å². The zero-order valence-electron chi connectivity index (χ0n) is 39.0. The summed E-state index contributed by atoms with van der Waals surface area (Å²) in [4.78, 5) is 24.8. The number of unbranched alkanes of at least 4 members (excludes halogenated alkanes) is 14. The number of ether oxygens (including phenoxy) is 6. The molecule has 0 bridgehead atoms. The van der Waals surface area contributed by atoms with Gasteiger partial charge in [-0.2, -0.15) is 0 Å². The van der Waals surface area contributed by atoms with E-state index in [9.17, 15) is 9.59 Å². The maximum absolute atomic E-state index is 13.0. The lowest BCUT2D eigenvalue weighted by Crippen LogP contribution is -2.36. The highest BCUT2D eigenvalue weighted by atomic mass is 16.6. The zero-order chi connectivity index (χ0) is 44.4. The topological polar surface area (TPSA) is 183 Å². The highest BCUT2D eigenvalue weighted by molar-refractivity contribution is 5.76. The molecule has 0 fully saturated rings. The molecule has 0 saturated heterocycles. The Morgan fingerprint density at radius 2 is 1.13 bits per heavy atom. The van der Waals surface area contributed by atoms with Crippen LogP contribution in [0.5, 0.6) is 0 Å². The van der Waals surface area contributed by atoms with Gasteiger partial charge in [0.15, 0.2) is 0 Å². The second-order valence-corrected chi connectivity index (χ2v) is 16.5. The van der Waals surface area contributed by atoms with Crippen LogP contribution in [0.15, 0.2) is 35.7 Å². The molecule has 13 nitrogen and oxygen atoms in total. The Hall–Kier alpha value is -2.52. The number of nitrogens with one attached hydrogen (secondary N) is 1. The summed E-state index contributed by atoms with van der Waals surface area (Å²) >= 11 is 0. The molecule has 13 heteroatoms. The standard InChI is InChI=1S/C47H91N5O8/c1-6-24-42(25-7-2)44(26-22-23-30-52(50)40-43(49)41-59-39-38-58-37-36-57-35-34-56-33-32-55-31-29-48)51-45(53)27-20-18-16-14-12-10-8-9-11-13-15-17-19-21-28-46(54)60-47(3,4)5/h6,24-25,40,44H,7-23,26-39,41,48-50H2,1-5H3,(H,51,53)/b24-6+,42-25+,43-40-. The average molecular weight is 854 g/mol. The Morgan fingerprint density at radius 3 is 1.60 bits per heavy atom. The van der Waals surface area contributed by atoms with Crippen LogP contribution < -0.4 is 22.6 Å². The lowest BCUT2D eigenvalue weighted by Gasteiger charge is -2.21. The van der Waals surface area contributed by atoms with E-state index in [0.717, 1.165) is 56.9 Å². The molecule has 1 atom stereocenters. The number of carbonyl (C=O) groups excluding carboxylic acids is 2. The molecule has 0 radical (unpaired) electrons. The summed E-state index contributed by atoms with van der Waals surface area (Å²) < 4.78 is 32.6. The smallest absolute Gasteiger partial charge is 0.306 e. The molecular formula is C47H91N5O8. The van der Waals surface area contributed by atoms with E-state index in [1.54, 1.807) is 11.2 Å². The molecule has 0 aliphatic rings. The number of allylic oxidation sites excluding steroid dienone is 2. The molecule has 1 amide bonds. The quantitative estimate of drug-likeness (QED) is 0.0152. The second kappa shape index (κ2) is 41.8. The third-order valence-electron chi connectivity index (χ3n) is 9.50. The van der Waals surface area contributed by atoms with Gasteiger partial charge in [0, 0.05) is 32.1 Å². The van der Waals surface area contributed by atoms with Crippen LogP contribution in [0.3, 0.4) is 0 Å². The van der Waals surface area contributed by atoms with Crippen LogP contribution in [-0.4, -0.2) is 108 Å². The van der Waals surface area contributed by atoms with Gasteiger partial charge >= 0.3 is 5.97 Å². The molecule has 0 heterocycles. The average Bonchev–Trinajstić information content (AvgIpc) is 3.19. The van der Waals surface area contributed by atoms with Crippen LogP contribution in [0.25, 0.3) is 0 Å². The lowest BCUT2D eigenvalue weighted by molar-refractivity contribution is -0.154. The van der Waals surface area contributed by atoms with Crippen molar-refractivity contribution in [2.24, 2.45) is 17.3 Å². The van der Waals surface area contributed by atoms with Crippen molar-refractivity contribution < 1.29 is 38.0 Å². The van der Waals surface area contributed by atoms with E-state index in [0.29, 0.717) is 91.1 Å². The number of hydrogen-bond acceptors (Lipinski definition) is 12. The van der Waals surface area contributed by atoms with E-state index in [-0.39, 0.29) is 30.1 Å². The lowest BCUT2D eigenvalue weighted by atomic mass is 9.98. The van der Waals surface area contributed by atoms with E-state index >= 15 is 0 Å². The van der Waals surface area contributed by atoms with Gasteiger partial charge in [0.05, 0.1) is 77.8 Å². The number of hydrazine groups is 1. The fraction of sp³-hybridized carbons (Fsp3) is 0.830. The molecule has 0 aromatic rings.